The van der Waals surface area contributed by atoms with Crippen molar-refractivity contribution in [3.8, 4) is 0 Å². The van der Waals surface area contributed by atoms with E-state index in [1.165, 1.54) is 0 Å². The van der Waals surface area contributed by atoms with Gasteiger partial charge < -0.3 is 10.8 Å². The quantitative estimate of drug-likeness (QED) is 0.786. The van der Waals surface area contributed by atoms with E-state index in [2.05, 4.69) is 4.98 Å². The summed E-state index contributed by atoms with van der Waals surface area (Å²) in [5.41, 5.74) is 6.69. The first kappa shape index (κ1) is 13.7. The Hall–Kier alpha value is -0.350. The van der Waals surface area contributed by atoms with Gasteiger partial charge in [-0.05, 0) is 18.9 Å². The Morgan fingerprint density at radius 1 is 1.57 bits per heavy atom. The summed E-state index contributed by atoms with van der Waals surface area (Å²) in [6.07, 6.45) is 3.04. The molecule has 0 aliphatic rings. The fourth-order valence-electron chi connectivity index (χ4n) is 1.14. The molecule has 3 nitrogen and oxygen atoms in total. The second-order valence-electron chi connectivity index (χ2n) is 2.86. The molecule has 1 heterocycles. The summed E-state index contributed by atoms with van der Waals surface area (Å²) in [5, 5.41) is 9.08. The number of rotatable bonds is 4. The molecule has 0 bridgehead atoms. The van der Waals surface area contributed by atoms with Gasteiger partial charge in [0.25, 0.3) is 0 Å². The van der Waals surface area contributed by atoms with Gasteiger partial charge in [0.1, 0.15) is 5.15 Å². The van der Waals surface area contributed by atoms with Crippen molar-refractivity contribution in [1.29, 1.82) is 0 Å². The lowest BCUT2D eigenvalue weighted by atomic mass is 10.1. The first-order chi connectivity index (χ1) is 6.25. The minimum Gasteiger partial charge on any atom is -0.396 e. The van der Waals surface area contributed by atoms with E-state index in [1.807, 2.05) is 6.07 Å². The van der Waals surface area contributed by atoms with Crippen molar-refractivity contribution in [1.82, 2.24) is 4.98 Å². The van der Waals surface area contributed by atoms with Gasteiger partial charge >= 0.3 is 0 Å². The van der Waals surface area contributed by atoms with Crippen LogP contribution in [0.3, 0.4) is 0 Å². The number of nitrogens with zero attached hydrogens (tertiary/aromatic N) is 1. The van der Waals surface area contributed by atoms with Crippen LogP contribution >= 0.6 is 24.0 Å². The highest BCUT2D eigenvalue weighted by molar-refractivity contribution is 6.30. The number of hydrogen-bond donors (Lipinski definition) is 2. The summed E-state index contributed by atoms with van der Waals surface area (Å²) >= 11 is 5.84. The SMILES string of the molecule is Cl.N[C@H](CCCO)c1cccnc1Cl. The van der Waals surface area contributed by atoms with Crippen LogP contribution in [0.4, 0.5) is 0 Å². The minimum atomic E-state index is -0.131. The largest absolute Gasteiger partial charge is 0.396 e. The van der Waals surface area contributed by atoms with Crippen LogP contribution in [0, 0.1) is 0 Å². The van der Waals surface area contributed by atoms with E-state index in [1.54, 1.807) is 12.3 Å². The molecule has 1 aromatic heterocycles. The predicted octanol–water partition coefficient (Wildman–Crippen LogP) is 1.93. The van der Waals surface area contributed by atoms with E-state index in [-0.39, 0.29) is 25.1 Å². The highest BCUT2D eigenvalue weighted by Crippen LogP contribution is 2.21. The average molecular weight is 237 g/mol. The molecule has 1 atom stereocenters. The molecule has 0 aromatic carbocycles. The van der Waals surface area contributed by atoms with E-state index in [4.69, 9.17) is 22.4 Å². The number of aromatic nitrogens is 1. The zero-order chi connectivity index (χ0) is 9.68. The fourth-order valence-corrected chi connectivity index (χ4v) is 1.40. The molecule has 0 saturated heterocycles. The van der Waals surface area contributed by atoms with Gasteiger partial charge in [0.15, 0.2) is 0 Å². The van der Waals surface area contributed by atoms with Crippen molar-refractivity contribution in [2.75, 3.05) is 6.61 Å². The molecule has 0 aliphatic carbocycles. The third-order valence-corrected chi connectivity index (χ3v) is 2.18. The Morgan fingerprint density at radius 3 is 2.86 bits per heavy atom. The van der Waals surface area contributed by atoms with Crippen LogP contribution in [-0.2, 0) is 0 Å². The molecule has 0 amide bonds. The number of halogens is 2. The van der Waals surface area contributed by atoms with Crippen LogP contribution in [0.5, 0.6) is 0 Å². The lowest BCUT2D eigenvalue weighted by Gasteiger charge is -2.11. The summed E-state index contributed by atoms with van der Waals surface area (Å²) in [4.78, 5) is 3.93. The summed E-state index contributed by atoms with van der Waals surface area (Å²) in [6, 6.07) is 3.53. The lowest BCUT2D eigenvalue weighted by molar-refractivity contribution is 0.280. The Kier molecular flexibility index (Phi) is 6.83. The number of aliphatic hydroxyl groups excluding tert-OH is 1. The third kappa shape index (κ3) is 3.80. The van der Waals surface area contributed by atoms with Crippen LogP contribution in [0.2, 0.25) is 5.15 Å². The molecule has 5 heteroatoms. The first-order valence-corrected chi connectivity index (χ1v) is 4.60. The average Bonchev–Trinajstić information content (AvgIpc) is 2.15. The Labute approximate surface area is 94.7 Å². The van der Waals surface area contributed by atoms with Crippen molar-refractivity contribution in [3.63, 3.8) is 0 Å². The molecule has 3 N–H and O–H groups in total. The van der Waals surface area contributed by atoms with Crippen LogP contribution in [0.25, 0.3) is 0 Å². The molecule has 14 heavy (non-hydrogen) atoms. The summed E-state index contributed by atoms with van der Waals surface area (Å²) < 4.78 is 0. The van der Waals surface area contributed by atoms with E-state index in [0.29, 0.717) is 11.6 Å². The monoisotopic (exact) mass is 236 g/mol. The van der Waals surface area contributed by atoms with Gasteiger partial charge in [-0.1, -0.05) is 17.7 Å². The lowest BCUT2D eigenvalue weighted by Crippen LogP contribution is -2.11. The van der Waals surface area contributed by atoms with Crippen molar-refractivity contribution < 1.29 is 5.11 Å². The van der Waals surface area contributed by atoms with Crippen LogP contribution < -0.4 is 5.73 Å². The number of hydrogen-bond acceptors (Lipinski definition) is 3. The maximum absolute atomic E-state index is 8.63. The number of aliphatic hydroxyl groups is 1. The molecule has 80 valence electrons. The third-order valence-electron chi connectivity index (χ3n) is 1.86. The van der Waals surface area contributed by atoms with Gasteiger partial charge in [-0.3, -0.25) is 0 Å². The van der Waals surface area contributed by atoms with Gasteiger partial charge in [0.2, 0.25) is 0 Å². The number of pyridine rings is 1. The van der Waals surface area contributed by atoms with Crippen LogP contribution in [-0.4, -0.2) is 16.7 Å². The fraction of sp³-hybridized carbons (Fsp3) is 0.444. The van der Waals surface area contributed by atoms with E-state index in [0.717, 1.165) is 12.0 Å². The molecule has 0 aliphatic heterocycles. The molecule has 0 spiro atoms. The normalized spacial score (nSPS) is 11.9. The van der Waals surface area contributed by atoms with Crippen molar-refractivity contribution in [2.24, 2.45) is 5.73 Å². The van der Waals surface area contributed by atoms with E-state index in [9.17, 15) is 0 Å². The Morgan fingerprint density at radius 2 is 2.29 bits per heavy atom. The second-order valence-corrected chi connectivity index (χ2v) is 3.21. The molecule has 0 fully saturated rings. The summed E-state index contributed by atoms with van der Waals surface area (Å²) in [6.45, 7) is 0.158. The second kappa shape index (κ2) is 7.01. The maximum atomic E-state index is 8.63. The van der Waals surface area contributed by atoms with E-state index >= 15 is 0 Å². The number of nitrogens with two attached hydrogens (primary N) is 1. The van der Waals surface area contributed by atoms with Crippen molar-refractivity contribution in [2.45, 2.75) is 18.9 Å². The molecule has 0 unspecified atom stereocenters. The highest BCUT2D eigenvalue weighted by atomic mass is 35.5. The minimum absolute atomic E-state index is 0. The van der Waals surface area contributed by atoms with Crippen molar-refractivity contribution in [3.05, 3.63) is 29.0 Å². The zero-order valence-electron chi connectivity index (χ0n) is 7.69. The highest BCUT2D eigenvalue weighted by Gasteiger charge is 2.09. The first-order valence-electron chi connectivity index (χ1n) is 4.22. The molecule has 1 rings (SSSR count). The van der Waals surface area contributed by atoms with Gasteiger partial charge in [0, 0.05) is 24.4 Å². The molecule has 1 aromatic rings. The molecular formula is C9H14Cl2N2O. The molecular weight excluding hydrogens is 223 g/mol. The van der Waals surface area contributed by atoms with Gasteiger partial charge in [-0.25, -0.2) is 4.98 Å². The molecule has 0 saturated carbocycles. The Bertz CT molecular complexity index is 271. The summed E-state index contributed by atoms with van der Waals surface area (Å²) in [5.74, 6) is 0. The van der Waals surface area contributed by atoms with E-state index < -0.39 is 0 Å². The molecule has 0 radical (unpaired) electrons. The topological polar surface area (TPSA) is 59.1 Å². The predicted molar refractivity (Wildman–Crippen MR) is 59.7 cm³/mol. The maximum Gasteiger partial charge on any atom is 0.133 e. The summed E-state index contributed by atoms with van der Waals surface area (Å²) in [7, 11) is 0. The van der Waals surface area contributed by atoms with Crippen LogP contribution in [0.15, 0.2) is 18.3 Å². The van der Waals surface area contributed by atoms with Gasteiger partial charge in [-0.2, -0.15) is 0 Å². The van der Waals surface area contributed by atoms with Gasteiger partial charge in [0.05, 0.1) is 0 Å². The van der Waals surface area contributed by atoms with Crippen LogP contribution in [0.1, 0.15) is 24.4 Å². The zero-order valence-corrected chi connectivity index (χ0v) is 9.26. The van der Waals surface area contributed by atoms with Gasteiger partial charge in [-0.15, -0.1) is 12.4 Å². The Balaban J connectivity index is 0.00000169. The standard InChI is InChI=1S/C9H13ClN2O.ClH/c10-9-7(3-1-5-12-9)8(11)4-2-6-13;/h1,3,5,8,13H,2,4,6,11H2;1H/t8-;/m1./s1. The van der Waals surface area contributed by atoms with Crippen molar-refractivity contribution >= 4 is 24.0 Å². The smallest absolute Gasteiger partial charge is 0.133 e.